The lowest BCUT2D eigenvalue weighted by Crippen LogP contribution is -2.30. The van der Waals surface area contributed by atoms with Crippen molar-refractivity contribution in [2.45, 2.75) is 31.2 Å². The summed E-state index contributed by atoms with van der Waals surface area (Å²) in [6.45, 7) is 3.30. The van der Waals surface area contributed by atoms with Gasteiger partial charge in [-0.1, -0.05) is 77.0 Å². The summed E-state index contributed by atoms with van der Waals surface area (Å²) in [6, 6.07) is 20.0. The standard InChI is InChI=1S/C28H26ClFN2OS/c1-20-7-5-12-25(15-20)34-28(31-23-13-14-27(30)26(29)17-23)32(18-21-8-3-2-4-9-21)19-22-10-6-11-24(33)16-22/h2-3,5-8,10-17,33H,4,9,18-19H2,1H3. The average molecular weight is 493 g/mol. The van der Waals surface area contributed by atoms with Crippen LogP contribution in [0.2, 0.25) is 5.02 Å². The number of aryl methyl sites for hydroxylation is 1. The van der Waals surface area contributed by atoms with Crippen molar-refractivity contribution in [2.24, 2.45) is 4.99 Å². The van der Waals surface area contributed by atoms with Crippen LogP contribution in [-0.2, 0) is 6.54 Å². The number of rotatable bonds is 6. The topological polar surface area (TPSA) is 35.8 Å². The van der Waals surface area contributed by atoms with Crippen molar-refractivity contribution in [3.05, 3.63) is 112 Å². The van der Waals surface area contributed by atoms with E-state index in [0.29, 0.717) is 18.8 Å². The van der Waals surface area contributed by atoms with Crippen LogP contribution in [0, 0.1) is 12.7 Å². The number of benzene rings is 3. The Kier molecular flexibility index (Phi) is 8.09. The van der Waals surface area contributed by atoms with E-state index in [-0.39, 0.29) is 10.8 Å². The number of aromatic hydroxyl groups is 1. The SMILES string of the molecule is Cc1cccc(SC(=Nc2ccc(F)c(Cl)c2)N(CC2=CC=CCC2)Cc2cccc(O)c2)c1. The van der Waals surface area contributed by atoms with Gasteiger partial charge in [0.25, 0.3) is 0 Å². The summed E-state index contributed by atoms with van der Waals surface area (Å²) >= 11 is 7.61. The predicted molar refractivity (Wildman–Crippen MR) is 141 cm³/mol. The third kappa shape index (κ3) is 6.75. The summed E-state index contributed by atoms with van der Waals surface area (Å²) < 4.78 is 13.8. The van der Waals surface area contributed by atoms with Crippen molar-refractivity contribution in [1.29, 1.82) is 0 Å². The van der Waals surface area contributed by atoms with Crippen LogP contribution in [-0.4, -0.2) is 21.7 Å². The van der Waals surface area contributed by atoms with E-state index >= 15 is 0 Å². The molecule has 0 aliphatic heterocycles. The van der Waals surface area contributed by atoms with Crippen molar-refractivity contribution in [1.82, 2.24) is 4.90 Å². The number of hydrogen-bond acceptors (Lipinski definition) is 3. The zero-order chi connectivity index (χ0) is 23.9. The number of thioether (sulfide) groups is 1. The summed E-state index contributed by atoms with van der Waals surface area (Å²) in [5.41, 5.74) is 4.02. The molecule has 0 fully saturated rings. The fourth-order valence-electron chi connectivity index (χ4n) is 3.70. The summed E-state index contributed by atoms with van der Waals surface area (Å²) in [5.74, 6) is -0.239. The molecular formula is C28H26ClFN2OS. The van der Waals surface area contributed by atoms with E-state index in [9.17, 15) is 9.50 Å². The Bertz CT molecular complexity index is 1250. The molecule has 0 atom stereocenters. The molecule has 0 saturated carbocycles. The highest BCUT2D eigenvalue weighted by Gasteiger charge is 2.17. The van der Waals surface area contributed by atoms with Crippen LogP contribution in [0.15, 0.2) is 100 Å². The first-order chi connectivity index (χ1) is 16.5. The van der Waals surface area contributed by atoms with Gasteiger partial charge in [-0.2, -0.15) is 0 Å². The number of phenols is 1. The van der Waals surface area contributed by atoms with Crippen molar-refractivity contribution in [3.8, 4) is 5.75 Å². The molecular weight excluding hydrogens is 467 g/mol. The monoisotopic (exact) mass is 492 g/mol. The van der Waals surface area contributed by atoms with Gasteiger partial charge in [-0.05, 0) is 67.8 Å². The van der Waals surface area contributed by atoms with Gasteiger partial charge >= 0.3 is 0 Å². The Balaban J connectivity index is 1.75. The predicted octanol–water partition coefficient (Wildman–Crippen LogP) is 8.05. The molecule has 0 unspecified atom stereocenters. The summed E-state index contributed by atoms with van der Waals surface area (Å²) in [7, 11) is 0. The molecule has 0 amide bonds. The van der Waals surface area contributed by atoms with Crippen molar-refractivity contribution < 1.29 is 9.50 Å². The van der Waals surface area contributed by atoms with E-state index < -0.39 is 5.82 Å². The smallest absolute Gasteiger partial charge is 0.169 e. The maximum atomic E-state index is 13.8. The summed E-state index contributed by atoms with van der Waals surface area (Å²) in [4.78, 5) is 8.18. The number of phenolic OH excluding ortho intramolecular Hbond substituents is 1. The van der Waals surface area contributed by atoms with E-state index in [1.807, 2.05) is 18.2 Å². The van der Waals surface area contributed by atoms with Crippen LogP contribution in [0.25, 0.3) is 0 Å². The molecule has 0 spiro atoms. The second-order valence-electron chi connectivity index (χ2n) is 8.23. The zero-order valence-electron chi connectivity index (χ0n) is 18.9. The summed E-state index contributed by atoms with van der Waals surface area (Å²) in [5, 5.41) is 10.8. The third-order valence-corrected chi connectivity index (χ3v) is 6.69. The lowest BCUT2D eigenvalue weighted by molar-refractivity contribution is 0.443. The first-order valence-electron chi connectivity index (χ1n) is 11.1. The Morgan fingerprint density at radius 2 is 1.94 bits per heavy atom. The normalized spacial score (nSPS) is 13.6. The largest absolute Gasteiger partial charge is 0.508 e. The third-order valence-electron chi connectivity index (χ3n) is 5.38. The molecule has 6 heteroatoms. The second kappa shape index (κ2) is 11.4. The summed E-state index contributed by atoms with van der Waals surface area (Å²) in [6.07, 6.45) is 8.41. The highest BCUT2D eigenvalue weighted by Crippen LogP contribution is 2.30. The van der Waals surface area contributed by atoms with E-state index in [4.69, 9.17) is 16.6 Å². The molecule has 1 aliphatic carbocycles. The molecule has 3 nitrogen and oxygen atoms in total. The Morgan fingerprint density at radius 3 is 2.68 bits per heavy atom. The van der Waals surface area contributed by atoms with Gasteiger partial charge in [0.15, 0.2) is 5.17 Å². The molecule has 0 bridgehead atoms. The van der Waals surface area contributed by atoms with Crippen molar-refractivity contribution >= 4 is 34.2 Å². The number of halogens is 2. The molecule has 0 saturated heterocycles. The molecule has 3 aromatic rings. The average Bonchev–Trinajstić information content (AvgIpc) is 2.81. The van der Waals surface area contributed by atoms with Gasteiger partial charge < -0.3 is 10.0 Å². The Hall–Kier alpha value is -3.02. The first kappa shape index (κ1) is 24.1. The van der Waals surface area contributed by atoms with Crippen LogP contribution < -0.4 is 0 Å². The highest BCUT2D eigenvalue weighted by molar-refractivity contribution is 8.13. The molecule has 4 rings (SSSR count). The number of nitrogens with zero attached hydrogens (tertiary/aromatic N) is 2. The lowest BCUT2D eigenvalue weighted by atomic mass is 10.0. The molecule has 174 valence electrons. The van der Waals surface area contributed by atoms with Gasteiger partial charge in [0.05, 0.1) is 10.7 Å². The molecule has 0 aromatic heterocycles. The molecule has 1 aliphatic rings. The van der Waals surface area contributed by atoms with E-state index in [1.165, 1.54) is 11.6 Å². The van der Waals surface area contributed by atoms with Gasteiger partial charge in [-0.25, -0.2) is 9.38 Å². The van der Waals surface area contributed by atoms with Crippen LogP contribution >= 0.6 is 23.4 Å². The Labute approximate surface area is 209 Å². The molecule has 0 heterocycles. The fraction of sp³-hybridized carbons (Fsp3) is 0.179. The second-order valence-corrected chi connectivity index (χ2v) is 9.68. The number of aliphatic imine (C=N–C) groups is 1. The minimum Gasteiger partial charge on any atom is -0.508 e. The van der Waals surface area contributed by atoms with Crippen LogP contribution in [0.3, 0.4) is 0 Å². The molecule has 0 radical (unpaired) electrons. The number of allylic oxidation sites excluding steroid dienone is 3. The van der Waals surface area contributed by atoms with Crippen LogP contribution in [0.1, 0.15) is 24.0 Å². The quantitative estimate of drug-likeness (QED) is 0.215. The first-order valence-corrected chi connectivity index (χ1v) is 12.3. The van der Waals surface area contributed by atoms with Gasteiger partial charge in [0, 0.05) is 18.0 Å². The van der Waals surface area contributed by atoms with Gasteiger partial charge in [-0.15, -0.1) is 0 Å². The molecule has 1 N–H and O–H groups in total. The lowest BCUT2D eigenvalue weighted by Gasteiger charge is -2.28. The van der Waals surface area contributed by atoms with Gasteiger partial charge in [-0.3, -0.25) is 0 Å². The fourth-order valence-corrected chi connectivity index (χ4v) is 4.89. The maximum Gasteiger partial charge on any atom is 0.169 e. The van der Waals surface area contributed by atoms with E-state index in [0.717, 1.165) is 34.0 Å². The number of hydrogen-bond donors (Lipinski definition) is 1. The van der Waals surface area contributed by atoms with E-state index in [2.05, 4.69) is 48.3 Å². The van der Waals surface area contributed by atoms with Gasteiger partial charge in [0.1, 0.15) is 11.6 Å². The number of amidine groups is 1. The highest BCUT2D eigenvalue weighted by atomic mass is 35.5. The van der Waals surface area contributed by atoms with Crippen LogP contribution in [0.4, 0.5) is 10.1 Å². The Morgan fingerprint density at radius 1 is 1.09 bits per heavy atom. The molecule has 34 heavy (non-hydrogen) atoms. The van der Waals surface area contributed by atoms with Crippen molar-refractivity contribution in [2.75, 3.05) is 6.54 Å². The minimum absolute atomic E-state index is 0.0424. The van der Waals surface area contributed by atoms with Crippen LogP contribution in [0.5, 0.6) is 5.75 Å². The van der Waals surface area contributed by atoms with Gasteiger partial charge in [0.2, 0.25) is 0 Å². The minimum atomic E-state index is -0.468. The van der Waals surface area contributed by atoms with E-state index in [1.54, 1.807) is 36.0 Å². The maximum absolute atomic E-state index is 13.8. The zero-order valence-corrected chi connectivity index (χ0v) is 20.5. The van der Waals surface area contributed by atoms with Crippen molar-refractivity contribution in [3.63, 3.8) is 0 Å². The molecule has 3 aromatic carbocycles.